The topological polar surface area (TPSA) is 97.6 Å². The van der Waals surface area contributed by atoms with Crippen molar-refractivity contribution < 1.29 is 18.8 Å². The highest BCUT2D eigenvalue weighted by atomic mass is 19.1. The molecule has 1 aromatic heterocycles. The third-order valence-electron chi connectivity index (χ3n) is 4.85. The third-order valence-corrected chi connectivity index (χ3v) is 4.85. The minimum absolute atomic E-state index is 0.110. The number of amides is 1. The molecule has 1 aliphatic heterocycles. The van der Waals surface area contributed by atoms with Crippen LogP contribution in [-0.2, 0) is 6.54 Å². The molecule has 3 aromatic rings. The second-order valence-corrected chi connectivity index (χ2v) is 6.68. The monoisotopic (exact) mass is 408 g/mol. The Kier molecular flexibility index (Phi) is 5.01. The number of nitro benzene ring substituents is 1. The van der Waals surface area contributed by atoms with Gasteiger partial charge in [-0.05, 0) is 35.9 Å². The van der Waals surface area contributed by atoms with Crippen molar-refractivity contribution in [2.24, 2.45) is 0 Å². The number of hydrogen-bond acceptors (Lipinski definition) is 6. The summed E-state index contributed by atoms with van der Waals surface area (Å²) in [6.07, 6.45) is 0.962. The van der Waals surface area contributed by atoms with Crippen molar-refractivity contribution in [3.8, 4) is 5.75 Å². The van der Waals surface area contributed by atoms with Crippen LogP contribution in [0.4, 0.5) is 15.8 Å². The van der Waals surface area contributed by atoms with Crippen LogP contribution in [0.25, 0.3) is 0 Å². The Morgan fingerprint density at radius 3 is 2.70 bits per heavy atom. The van der Waals surface area contributed by atoms with Gasteiger partial charge in [-0.3, -0.25) is 19.9 Å². The number of aromatic nitrogens is 1. The summed E-state index contributed by atoms with van der Waals surface area (Å²) >= 11 is 0. The number of halogens is 1. The first-order valence-electron chi connectivity index (χ1n) is 9.07. The molecule has 30 heavy (non-hydrogen) atoms. The lowest BCUT2D eigenvalue weighted by molar-refractivity contribution is -0.384. The molecule has 4 rings (SSSR count). The Morgan fingerprint density at radius 1 is 1.23 bits per heavy atom. The molecule has 0 saturated heterocycles. The number of nitro groups is 1. The van der Waals surface area contributed by atoms with Crippen molar-refractivity contribution >= 4 is 17.3 Å². The first-order valence-corrected chi connectivity index (χ1v) is 9.07. The van der Waals surface area contributed by atoms with Gasteiger partial charge in [0, 0.05) is 18.8 Å². The summed E-state index contributed by atoms with van der Waals surface area (Å²) in [5.41, 5.74) is 2.10. The Bertz CT molecular complexity index is 1120. The number of pyridine rings is 1. The van der Waals surface area contributed by atoms with Gasteiger partial charge in [0.25, 0.3) is 11.6 Å². The van der Waals surface area contributed by atoms with Gasteiger partial charge in [0.05, 0.1) is 35.0 Å². The quantitative estimate of drug-likeness (QED) is 0.491. The van der Waals surface area contributed by atoms with E-state index in [9.17, 15) is 19.3 Å². The van der Waals surface area contributed by atoms with Gasteiger partial charge in [0.15, 0.2) is 0 Å². The van der Waals surface area contributed by atoms with Crippen LogP contribution in [0.1, 0.15) is 27.8 Å². The van der Waals surface area contributed by atoms with E-state index in [1.165, 1.54) is 37.4 Å². The van der Waals surface area contributed by atoms with Gasteiger partial charge in [0.1, 0.15) is 17.7 Å². The van der Waals surface area contributed by atoms with Crippen molar-refractivity contribution in [3.63, 3.8) is 0 Å². The van der Waals surface area contributed by atoms with Crippen LogP contribution in [0, 0.1) is 15.9 Å². The number of fused-ring (bicyclic) bond motifs is 1. The number of carbonyl (C=O) groups is 1. The molecule has 8 nitrogen and oxygen atoms in total. The van der Waals surface area contributed by atoms with E-state index in [-0.39, 0.29) is 29.7 Å². The first kappa shape index (κ1) is 19.3. The molecule has 152 valence electrons. The molecule has 2 aromatic carbocycles. The zero-order chi connectivity index (χ0) is 21.3. The van der Waals surface area contributed by atoms with Crippen molar-refractivity contribution in [3.05, 3.63) is 93.5 Å². The summed E-state index contributed by atoms with van der Waals surface area (Å²) in [6, 6.07) is 13.5. The van der Waals surface area contributed by atoms with E-state index in [2.05, 4.69) is 10.3 Å². The molecule has 2 heterocycles. The molecule has 1 atom stereocenters. The van der Waals surface area contributed by atoms with Crippen LogP contribution in [-0.4, -0.2) is 27.8 Å². The number of anilines is 1. The largest absolute Gasteiger partial charge is 0.494 e. The number of nitrogens with zero attached hydrogens (tertiary/aromatic N) is 3. The highest BCUT2D eigenvalue weighted by Crippen LogP contribution is 2.37. The van der Waals surface area contributed by atoms with E-state index in [0.29, 0.717) is 16.9 Å². The number of carbonyl (C=O) groups excluding carboxylic acids is 1. The fourth-order valence-electron chi connectivity index (χ4n) is 3.39. The fraction of sp³-hybridized carbons (Fsp3) is 0.143. The highest BCUT2D eigenvalue weighted by Gasteiger charge is 2.38. The molecule has 9 heteroatoms. The lowest BCUT2D eigenvalue weighted by atomic mass is 10.2. The molecular formula is C21H17FN4O4. The van der Waals surface area contributed by atoms with Crippen LogP contribution >= 0.6 is 0 Å². The fourth-order valence-corrected chi connectivity index (χ4v) is 3.39. The van der Waals surface area contributed by atoms with Gasteiger partial charge in [-0.25, -0.2) is 4.39 Å². The summed E-state index contributed by atoms with van der Waals surface area (Å²) in [7, 11) is 1.41. The Hall–Kier alpha value is -4.01. The standard InChI is InChI=1S/C21H17FN4O4/c1-30-18-11-15(26(28)29)8-9-17(18)24-20-19-16(3-2-10-23-19)21(27)25(20)12-13-4-6-14(22)7-5-13/h2-11,20,24H,12H2,1H3. The molecule has 0 radical (unpaired) electrons. The van der Waals surface area contributed by atoms with Crippen LogP contribution in [0.2, 0.25) is 0 Å². The predicted octanol–water partition coefficient (Wildman–Crippen LogP) is 3.90. The first-order chi connectivity index (χ1) is 14.5. The maximum absolute atomic E-state index is 13.3. The predicted molar refractivity (Wildman–Crippen MR) is 107 cm³/mol. The second kappa shape index (κ2) is 7.78. The Labute approximate surface area is 171 Å². The minimum Gasteiger partial charge on any atom is -0.494 e. The van der Waals surface area contributed by atoms with Gasteiger partial charge < -0.3 is 15.0 Å². The van der Waals surface area contributed by atoms with Crippen LogP contribution in [0.15, 0.2) is 60.8 Å². The molecule has 0 aliphatic carbocycles. The van der Waals surface area contributed by atoms with E-state index in [1.807, 2.05) is 0 Å². The lowest BCUT2D eigenvalue weighted by Gasteiger charge is -2.27. The van der Waals surface area contributed by atoms with Gasteiger partial charge >= 0.3 is 0 Å². The van der Waals surface area contributed by atoms with Gasteiger partial charge in [-0.1, -0.05) is 12.1 Å². The normalized spacial score (nSPS) is 15.1. The molecular weight excluding hydrogens is 391 g/mol. The number of methoxy groups -OCH3 is 1. The molecule has 1 N–H and O–H groups in total. The molecule has 1 aliphatic rings. The number of benzene rings is 2. The number of ether oxygens (including phenoxy) is 1. The van der Waals surface area contributed by atoms with E-state index >= 15 is 0 Å². The van der Waals surface area contributed by atoms with Crippen LogP contribution in [0.5, 0.6) is 5.75 Å². The average molecular weight is 408 g/mol. The van der Waals surface area contributed by atoms with Crippen molar-refractivity contribution in [1.29, 1.82) is 0 Å². The maximum Gasteiger partial charge on any atom is 0.273 e. The molecule has 0 spiro atoms. The number of non-ortho nitro benzene ring substituents is 1. The SMILES string of the molecule is COc1cc([N+](=O)[O-])ccc1NC1c2ncccc2C(=O)N1Cc1ccc(F)cc1. The molecule has 1 unspecified atom stereocenters. The van der Waals surface area contributed by atoms with E-state index in [1.54, 1.807) is 35.4 Å². The van der Waals surface area contributed by atoms with Crippen molar-refractivity contribution in [2.45, 2.75) is 12.7 Å². The molecule has 0 bridgehead atoms. The Balaban J connectivity index is 1.70. The number of hydrogen-bond donors (Lipinski definition) is 1. The van der Waals surface area contributed by atoms with Gasteiger partial charge in [0.2, 0.25) is 0 Å². The van der Waals surface area contributed by atoms with Crippen LogP contribution < -0.4 is 10.1 Å². The molecule has 1 amide bonds. The summed E-state index contributed by atoms with van der Waals surface area (Å²) in [6.45, 7) is 0.225. The second-order valence-electron chi connectivity index (χ2n) is 6.68. The number of rotatable bonds is 6. The van der Waals surface area contributed by atoms with E-state index in [0.717, 1.165) is 5.56 Å². The summed E-state index contributed by atoms with van der Waals surface area (Å²) in [4.78, 5) is 29.5. The molecule has 0 fully saturated rings. The zero-order valence-corrected chi connectivity index (χ0v) is 15.9. The Morgan fingerprint density at radius 2 is 2.00 bits per heavy atom. The minimum atomic E-state index is -0.630. The highest BCUT2D eigenvalue weighted by molar-refractivity contribution is 5.99. The zero-order valence-electron chi connectivity index (χ0n) is 15.9. The lowest BCUT2D eigenvalue weighted by Crippen LogP contribution is -2.32. The van der Waals surface area contributed by atoms with E-state index < -0.39 is 11.1 Å². The molecule has 0 saturated carbocycles. The number of nitrogens with one attached hydrogen (secondary N) is 1. The summed E-state index contributed by atoms with van der Waals surface area (Å²) < 4.78 is 18.6. The van der Waals surface area contributed by atoms with Crippen molar-refractivity contribution in [2.75, 3.05) is 12.4 Å². The van der Waals surface area contributed by atoms with Crippen molar-refractivity contribution in [1.82, 2.24) is 9.88 Å². The van der Waals surface area contributed by atoms with E-state index in [4.69, 9.17) is 4.74 Å². The van der Waals surface area contributed by atoms with Gasteiger partial charge in [-0.2, -0.15) is 0 Å². The summed E-state index contributed by atoms with van der Waals surface area (Å²) in [5, 5.41) is 14.3. The van der Waals surface area contributed by atoms with Crippen LogP contribution in [0.3, 0.4) is 0 Å². The summed E-state index contributed by atoms with van der Waals surface area (Å²) in [5.74, 6) is -0.315. The maximum atomic E-state index is 13.3. The third kappa shape index (κ3) is 3.52. The van der Waals surface area contributed by atoms with Gasteiger partial charge in [-0.15, -0.1) is 0 Å². The average Bonchev–Trinajstić information content (AvgIpc) is 3.01. The smallest absolute Gasteiger partial charge is 0.273 e.